The van der Waals surface area contributed by atoms with Crippen molar-refractivity contribution in [1.29, 1.82) is 0 Å². The zero-order valence-electron chi connectivity index (χ0n) is 13.1. The highest BCUT2D eigenvalue weighted by Crippen LogP contribution is 2.33. The molecule has 0 aliphatic carbocycles. The first kappa shape index (κ1) is 17.5. The fraction of sp³-hybridized carbons (Fsp3) is 0.105. The molecule has 25 heavy (non-hydrogen) atoms. The molecule has 1 unspecified atom stereocenters. The molecule has 0 saturated heterocycles. The van der Waals surface area contributed by atoms with Gasteiger partial charge in [0.1, 0.15) is 11.0 Å². The fourth-order valence-electron chi connectivity index (χ4n) is 2.53. The molecule has 0 aliphatic rings. The van der Waals surface area contributed by atoms with Gasteiger partial charge in [-0.1, -0.05) is 29.8 Å². The molecular formula is C19H15ClO4S. The van der Waals surface area contributed by atoms with Gasteiger partial charge in [0, 0.05) is 17.0 Å². The van der Waals surface area contributed by atoms with Crippen LogP contribution in [-0.4, -0.2) is 14.2 Å². The highest BCUT2D eigenvalue weighted by Gasteiger charge is 2.33. The average Bonchev–Trinajstić information content (AvgIpc) is 3.15. The number of hydrogen-bond donors (Lipinski definition) is 0. The van der Waals surface area contributed by atoms with E-state index in [4.69, 9.17) is 16.0 Å². The Morgan fingerprint density at radius 3 is 2.24 bits per heavy atom. The van der Waals surface area contributed by atoms with Crippen LogP contribution in [0.5, 0.6) is 0 Å². The molecule has 0 radical (unpaired) electrons. The number of sulfone groups is 1. The van der Waals surface area contributed by atoms with E-state index in [1.165, 1.54) is 18.4 Å². The van der Waals surface area contributed by atoms with Crippen LogP contribution >= 0.6 is 11.6 Å². The molecule has 2 aromatic carbocycles. The van der Waals surface area contributed by atoms with Gasteiger partial charge >= 0.3 is 0 Å². The first-order valence-electron chi connectivity index (χ1n) is 7.59. The van der Waals surface area contributed by atoms with Gasteiger partial charge in [-0.15, -0.1) is 0 Å². The van der Waals surface area contributed by atoms with E-state index in [9.17, 15) is 13.2 Å². The lowest BCUT2D eigenvalue weighted by Crippen LogP contribution is -2.17. The van der Waals surface area contributed by atoms with Crippen molar-refractivity contribution in [3.63, 3.8) is 0 Å². The topological polar surface area (TPSA) is 64.3 Å². The van der Waals surface area contributed by atoms with E-state index >= 15 is 0 Å². The molecule has 3 rings (SSSR count). The zero-order chi connectivity index (χ0) is 17.9. The number of halogens is 1. The molecule has 1 aromatic heterocycles. The summed E-state index contributed by atoms with van der Waals surface area (Å²) in [4.78, 5) is 12.7. The third-order valence-electron chi connectivity index (χ3n) is 3.84. The van der Waals surface area contributed by atoms with Crippen LogP contribution in [0.1, 0.15) is 27.8 Å². The summed E-state index contributed by atoms with van der Waals surface area (Å²) in [5.74, 6) is -0.0521. The predicted octanol–water partition coefficient (Wildman–Crippen LogP) is 4.72. The largest absolute Gasteiger partial charge is 0.468 e. The summed E-state index contributed by atoms with van der Waals surface area (Å²) in [5, 5.41) is -0.580. The molecule has 4 nitrogen and oxygen atoms in total. The van der Waals surface area contributed by atoms with Gasteiger partial charge < -0.3 is 4.42 Å². The molecule has 1 atom stereocenters. The number of ketones is 1. The number of hydrogen-bond acceptors (Lipinski definition) is 4. The first-order valence-corrected chi connectivity index (χ1v) is 9.52. The molecule has 1 heterocycles. The SMILES string of the molecule is O=C(CC(c1ccco1)S(=O)(=O)c1ccccc1)c1ccc(Cl)cc1. The van der Waals surface area contributed by atoms with Crippen LogP contribution in [-0.2, 0) is 9.84 Å². The Bertz CT molecular complexity index is 946. The number of rotatable bonds is 6. The molecule has 0 N–H and O–H groups in total. The minimum atomic E-state index is -3.78. The van der Waals surface area contributed by atoms with Gasteiger partial charge in [-0.25, -0.2) is 8.42 Å². The van der Waals surface area contributed by atoms with Crippen molar-refractivity contribution in [3.05, 3.63) is 89.3 Å². The van der Waals surface area contributed by atoms with Crippen molar-refractivity contribution >= 4 is 27.2 Å². The summed E-state index contributed by atoms with van der Waals surface area (Å²) in [7, 11) is -3.78. The number of benzene rings is 2. The Labute approximate surface area is 151 Å². The van der Waals surface area contributed by atoms with Gasteiger partial charge in [-0.05, 0) is 48.5 Å². The van der Waals surface area contributed by atoms with E-state index in [1.807, 2.05) is 0 Å². The summed E-state index contributed by atoms with van der Waals surface area (Å²) in [6.45, 7) is 0. The summed E-state index contributed by atoms with van der Waals surface area (Å²) in [6.07, 6.45) is 1.18. The fourth-order valence-corrected chi connectivity index (χ4v) is 4.34. The van der Waals surface area contributed by atoms with Gasteiger partial charge in [0.25, 0.3) is 0 Å². The van der Waals surface area contributed by atoms with Crippen LogP contribution in [0.15, 0.2) is 82.3 Å². The van der Waals surface area contributed by atoms with Crippen LogP contribution in [0.2, 0.25) is 5.02 Å². The maximum Gasteiger partial charge on any atom is 0.188 e. The Morgan fingerprint density at radius 1 is 0.960 bits per heavy atom. The van der Waals surface area contributed by atoms with Crippen molar-refractivity contribution < 1.29 is 17.6 Å². The van der Waals surface area contributed by atoms with Crippen molar-refractivity contribution in [3.8, 4) is 0 Å². The smallest absolute Gasteiger partial charge is 0.188 e. The molecule has 0 spiro atoms. The molecule has 0 bridgehead atoms. The highest BCUT2D eigenvalue weighted by molar-refractivity contribution is 7.91. The van der Waals surface area contributed by atoms with E-state index in [2.05, 4.69) is 0 Å². The maximum absolute atomic E-state index is 13.0. The lowest BCUT2D eigenvalue weighted by Gasteiger charge is -2.15. The molecular weight excluding hydrogens is 360 g/mol. The Kier molecular flexibility index (Phi) is 5.06. The van der Waals surface area contributed by atoms with Gasteiger partial charge in [0.15, 0.2) is 15.6 Å². The molecule has 6 heteroatoms. The normalized spacial score (nSPS) is 12.7. The third kappa shape index (κ3) is 3.83. The van der Waals surface area contributed by atoms with Crippen molar-refractivity contribution in [2.24, 2.45) is 0 Å². The maximum atomic E-state index is 13.0. The second-order valence-electron chi connectivity index (χ2n) is 5.50. The van der Waals surface area contributed by atoms with Crippen molar-refractivity contribution in [2.75, 3.05) is 0 Å². The van der Waals surface area contributed by atoms with Gasteiger partial charge in [-0.2, -0.15) is 0 Å². The van der Waals surface area contributed by atoms with Crippen LogP contribution in [0, 0.1) is 0 Å². The average molecular weight is 375 g/mol. The van der Waals surface area contributed by atoms with Gasteiger partial charge in [0.05, 0.1) is 11.2 Å². The van der Waals surface area contributed by atoms with E-state index in [-0.39, 0.29) is 22.9 Å². The summed E-state index contributed by atoms with van der Waals surface area (Å²) in [6, 6.07) is 17.6. The Hall–Kier alpha value is -2.37. The number of furan rings is 1. The number of carbonyl (C=O) groups excluding carboxylic acids is 1. The quantitative estimate of drug-likeness (QED) is 0.585. The van der Waals surface area contributed by atoms with E-state index in [0.29, 0.717) is 10.6 Å². The van der Waals surface area contributed by atoms with Crippen LogP contribution < -0.4 is 0 Å². The first-order chi connectivity index (χ1) is 12.0. The standard InChI is InChI=1S/C19H15ClO4S/c20-15-10-8-14(9-11-15)17(21)13-19(18-7-4-12-24-18)25(22,23)16-5-2-1-3-6-16/h1-12,19H,13H2. The van der Waals surface area contributed by atoms with E-state index < -0.39 is 15.1 Å². The molecule has 128 valence electrons. The van der Waals surface area contributed by atoms with Gasteiger partial charge in [0.2, 0.25) is 0 Å². The van der Waals surface area contributed by atoms with Crippen molar-refractivity contribution in [2.45, 2.75) is 16.6 Å². The van der Waals surface area contributed by atoms with Crippen LogP contribution in [0.4, 0.5) is 0 Å². The Balaban J connectivity index is 1.96. The monoisotopic (exact) mass is 374 g/mol. The summed E-state index contributed by atoms with van der Waals surface area (Å²) in [5.41, 5.74) is 0.407. The number of carbonyl (C=O) groups is 1. The van der Waals surface area contributed by atoms with Crippen LogP contribution in [0.3, 0.4) is 0 Å². The Morgan fingerprint density at radius 2 is 1.64 bits per heavy atom. The minimum absolute atomic E-state index is 0.153. The lowest BCUT2D eigenvalue weighted by molar-refractivity contribution is 0.0978. The second kappa shape index (κ2) is 7.25. The van der Waals surface area contributed by atoms with E-state index in [1.54, 1.807) is 54.6 Å². The lowest BCUT2D eigenvalue weighted by atomic mass is 10.1. The van der Waals surface area contributed by atoms with Crippen molar-refractivity contribution in [1.82, 2.24) is 0 Å². The molecule has 0 aliphatic heterocycles. The highest BCUT2D eigenvalue weighted by atomic mass is 35.5. The third-order valence-corrected chi connectivity index (χ3v) is 6.17. The minimum Gasteiger partial charge on any atom is -0.468 e. The second-order valence-corrected chi connectivity index (χ2v) is 8.06. The molecule has 3 aromatic rings. The van der Waals surface area contributed by atoms with Gasteiger partial charge in [-0.3, -0.25) is 4.79 Å². The summed E-state index contributed by atoms with van der Waals surface area (Å²) < 4.78 is 31.3. The number of Topliss-reactive ketones (excluding diaryl/α,β-unsaturated/α-hetero) is 1. The molecule has 0 saturated carbocycles. The predicted molar refractivity (Wildman–Crippen MR) is 95.5 cm³/mol. The van der Waals surface area contributed by atoms with Crippen LogP contribution in [0.25, 0.3) is 0 Å². The zero-order valence-corrected chi connectivity index (χ0v) is 14.7. The molecule has 0 fully saturated rings. The van der Waals surface area contributed by atoms with E-state index in [0.717, 1.165) is 0 Å². The molecule has 0 amide bonds. The summed E-state index contributed by atoms with van der Waals surface area (Å²) >= 11 is 5.83.